The number of nitrogens with two attached hydrogens (primary N) is 1. The Kier molecular flexibility index (Phi) is 4.33. The van der Waals surface area contributed by atoms with E-state index in [0.29, 0.717) is 13.2 Å². The molecule has 4 heteroatoms. The van der Waals surface area contributed by atoms with Crippen molar-refractivity contribution in [3.63, 3.8) is 0 Å². The van der Waals surface area contributed by atoms with Crippen molar-refractivity contribution in [3.8, 4) is 0 Å². The fourth-order valence-corrected chi connectivity index (χ4v) is 2.39. The predicted molar refractivity (Wildman–Crippen MR) is 70.4 cm³/mol. The molecule has 0 spiro atoms. The first kappa shape index (κ1) is 13.1. The quantitative estimate of drug-likeness (QED) is 0.783. The van der Waals surface area contributed by atoms with E-state index in [9.17, 15) is 4.79 Å². The first-order valence-electron chi connectivity index (χ1n) is 6.33. The summed E-state index contributed by atoms with van der Waals surface area (Å²) >= 11 is 0. The molecule has 2 rings (SSSR count). The van der Waals surface area contributed by atoms with E-state index >= 15 is 0 Å². The second kappa shape index (κ2) is 5.98. The average molecular weight is 248 g/mol. The van der Waals surface area contributed by atoms with E-state index in [1.54, 1.807) is 7.11 Å². The van der Waals surface area contributed by atoms with Gasteiger partial charge in [0.05, 0.1) is 18.6 Å². The number of ether oxygens (including phenoxy) is 1. The molecule has 18 heavy (non-hydrogen) atoms. The van der Waals surface area contributed by atoms with Crippen LogP contribution in [0.4, 0.5) is 0 Å². The molecule has 1 aliphatic carbocycles. The standard InChI is InChI=1S/C14H20N2O2/c1-18-9-11(6-7-15)16-14(17)13-8-10-4-2-3-5-12(10)13/h2-5,11,13H,6-9,15H2,1H3,(H,16,17). The Bertz CT molecular complexity index is 414. The van der Waals surface area contributed by atoms with Gasteiger partial charge in [0.2, 0.25) is 5.91 Å². The molecule has 3 N–H and O–H groups in total. The van der Waals surface area contributed by atoms with Crippen molar-refractivity contribution in [1.82, 2.24) is 5.32 Å². The molecule has 1 aliphatic rings. The highest BCUT2D eigenvalue weighted by molar-refractivity contribution is 5.87. The van der Waals surface area contributed by atoms with Gasteiger partial charge in [0.1, 0.15) is 0 Å². The molecule has 2 unspecified atom stereocenters. The monoisotopic (exact) mass is 248 g/mol. The number of rotatable bonds is 6. The fourth-order valence-electron chi connectivity index (χ4n) is 2.39. The van der Waals surface area contributed by atoms with Crippen molar-refractivity contribution in [2.45, 2.75) is 24.8 Å². The summed E-state index contributed by atoms with van der Waals surface area (Å²) in [5, 5.41) is 3.02. The highest BCUT2D eigenvalue weighted by Crippen LogP contribution is 2.34. The summed E-state index contributed by atoms with van der Waals surface area (Å²) in [6, 6.07) is 8.10. The maximum Gasteiger partial charge on any atom is 0.228 e. The van der Waals surface area contributed by atoms with Crippen LogP contribution in [0, 0.1) is 0 Å². The highest BCUT2D eigenvalue weighted by Gasteiger charge is 2.32. The largest absolute Gasteiger partial charge is 0.383 e. The van der Waals surface area contributed by atoms with E-state index in [0.717, 1.165) is 18.4 Å². The van der Waals surface area contributed by atoms with Crippen LogP contribution < -0.4 is 11.1 Å². The zero-order chi connectivity index (χ0) is 13.0. The van der Waals surface area contributed by atoms with E-state index in [2.05, 4.69) is 11.4 Å². The van der Waals surface area contributed by atoms with Gasteiger partial charge in [0, 0.05) is 7.11 Å². The highest BCUT2D eigenvalue weighted by atomic mass is 16.5. The lowest BCUT2D eigenvalue weighted by atomic mass is 9.77. The van der Waals surface area contributed by atoms with Gasteiger partial charge in [-0.05, 0) is 30.5 Å². The topological polar surface area (TPSA) is 64.3 Å². The SMILES string of the molecule is COCC(CCN)NC(=O)C1Cc2ccccc21. The van der Waals surface area contributed by atoms with Crippen LogP contribution in [0.3, 0.4) is 0 Å². The van der Waals surface area contributed by atoms with Crippen LogP contribution in [0.5, 0.6) is 0 Å². The van der Waals surface area contributed by atoms with Crippen LogP contribution in [-0.4, -0.2) is 32.2 Å². The number of hydrogen-bond acceptors (Lipinski definition) is 3. The number of methoxy groups -OCH3 is 1. The van der Waals surface area contributed by atoms with Crippen LogP contribution in [-0.2, 0) is 16.0 Å². The molecule has 98 valence electrons. The third kappa shape index (κ3) is 2.71. The fraction of sp³-hybridized carbons (Fsp3) is 0.500. The van der Waals surface area contributed by atoms with Crippen LogP contribution in [0.25, 0.3) is 0 Å². The predicted octanol–water partition coefficient (Wildman–Crippen LogP) is 0.806. The first-order valence-corrected chi connectivity index (χ1v) is 6.33. The molecule has 0 heterocycles. The number of fused-ring (bicyclic) bond motifs is 1. The van der Waals surface area contributed by atoms with E-state index < -0.39 is 0 Å². The van der Waals surface area contributed by atoms with E-state index in [1.165, 1.54) is 5.56 Å². The number of carbonyl (C=O) groups is 1. The second-order valence-corrected chi connectivity index (χ2v) is 4.69. The summed E-state index contributed by atoms with van der Waals surface area (Å²) in [5.74, 6) is 0.0857. The van der Waals surface area contributed by atoms with Gasteiger partial charge in [0.25, 0.3) is 0 Å². The molecule has 0 aliphatic heterocycles. The molecule has 2 atom stereocenters. The number of benzene rings is 1. The van der Waals surface area contributed by atoms with Crippen LogP contribution in [0.1, 0.15) is 23.5 Å². The van der Waals surface area contributed by atoms with E-state index in [-0.39, 0.29) is 17.9 Å². The Balaban J connectivity index is 1.93. The van der Waals surface area contributed by atoms with Crippen molar-refractivity contribution < 1.29 is 9.53 Å². The molecular weight excluding hydrogens is 228 g/mol. The third-order valence-electron chi connectivity index (χ3n) is 3.40. The Morgan fingerprint density at radius 3 is 3.00 bits per heavy atom. The number of hydrogen-bond donors (Lipinski definition) is 2. The summed E-state index contributed by atoms with van der Waals surface area (Å²) in [5.41, 5.74) is 7.96. The van der Waals surface area contributed by atoms with Crippen LogP contribution in [0.15, 0.2) is 24.3 Å². The molecule has 0 bridgehead atoms. The lowest BCUT2D eigenvalue weighted by molar-refractivity contribution is -0.124. The van der Waals surface area contributed by atoms with Crippen molar-refractivity contribution >= 4 is 5.91 Å². The Labute approximate surface area is 108 Å². The molecule has 0 saturated heterocycles. The van der Waals surface area contributed by atoms with Gasteiger partial charge in [-0.1, -0.05) is 24.3 Å². The molecule has 1 aromatic rings. The molecule has 0 aromatic heterocycles. The molecular formula is C14H20N2O2. The Morgan fingerprint density at radius 2 is 2.33 bits per heavy atom. The minimum absolute atomic E-state index is 0.00155. The van der Waals surface area contributed by atoms with Gasteiger partial charge < -0.3 is 15.8 Å². The van der Waals surface area contributed by atoms with Crippen molar-refractivity contribution in [2.75, 3.05) is 20.3 Å². The zero-order valence-corrected chi connectivity index (χ0v) is 10.7. The lowest BCUT2D eigenvalue weighted by Crippen LogP contribution is -2.44. The minimum atomic E-state index is -0.00155. The minimum Gasteiger partial charge on any atom is -0.383 e. The van der Waals surface area contributed by atoms with E-state index in [4.69, 9.17) is 10.5 Å². The molecule has 0 fully saturated rings. The number of carbonyl (C=O) groups excluding carboxylic acids is 1. The molecule has 1 aromatic carbocycles. The maximum atomic E-state index is 12.1. The number of amides is 1. The van der Waals surface area contributed by atoms with Gasteiger partial charge >= 0.3 is 0 Å². The first-order chi connectivity index (χ1) is 8.76. The smallest absolute Gasteiger partial charge is 0.228 e. The molecule has 4 nitrogen and oxygen atoms in total. The van der Waals surface area contributed by atoms with Crippen LogP contribution in [0.2, 0.25) is 0 Å². The maximum absolute atomic E-state index is 12.1. The average Bonchev–Trinajstić information content (AvgIpc) is 2.31. The number of nitrogens with one attached hydrogen (secondary N) is 1. The van der Waals surface area contributed by atoms with Gasteiger partial charge in [-0.15, -0.1) is 0 Å². The van der Waals surface area contributed by atoms with Gasteiger partial charge in [0.15, 0.2) is 0 Å². The third-order valence-corrected chi connectivity index (χ3v) is 3.40. The van der Waals surface area contributed by atoms with Gasteiger partial charge in [-0.25, -0.2) is 0 Å². The molecule has 0 radical (unpaired) electrons. The second-order valence-electron chi connectivity index (χ2n) is 4.69. The van der Waals surface area contributed by atoms with Crippen molar-refractivity contribution in [1.29, 1.82) is 0 Å². The van der Waals surface area contributed by atoms with Crippen molar-refractivity contribution in [3.05, 3.63) is 35.4 Å². The zero-order valence-electron chi connectivity index (χ0n) is 10.7. The summed E-state index contributed by atoms with van der Waals surface area (Å²) in [7, 11) is 1.63. The summed E-state index contributed by atoms with van der Waals surface area (Å²) in [6.45, 7) is 1.06. The molecule has 1 amide bonds. The van der Waals surface area contributed by atoms with Crippen molar-refractivity contribution in [2.24, 2.45) is 5.73 Å². The summed E-state index contributed by atoms with van der Waals surface area (Å²) in [4.78, 5) is 12.1. The summed E-state index contributed by atoms with van der Waals surface area (Å²) in [6.07, 6.45) is 1.58. The normalized spacial score (nSPS) is 18.7. The Hall–Kier alpha value is -1.39. The van der Waals surface area contributed by atoms with Crippen LogP contribution >= 0.6 is 0 Å². The summed E-state index contributed by atoms with van der Waals surface area (Å²) < 4.78 is 5.09. The Morgan fingerprint density at radius 1 is 1.56 bits per heavy atom. The van der Waals surface area contributed by atoms with Gasteiger partial charge in [-0.3, -0.25) is 4.79 Å². The van der Waals surface area contributed by atoms with Gasteiger partial charge in [-0.2, -0.15) is 0 Å². The molecule has 0 saturated carbocycles. The lowest BCUT2D eigenvalue weighted by Gasteiger charge is -2.30. The van der Waals surface area contributed by atoms with E-state index in [1.807, 2.05) is 18.2 Å².